The van der Waals surface area contributed by atoms with Gasteiger partial charge in [-0.3, -0.25) is 9.59 Å². The van der Waals surface area contributed by atoms with E-state index in [9.17, 15) is 9.59 Å². The largest absolute Gasteiger partial charge is 0.469 e. The molecule has 19 heavy (non-hydrogen) atoms. The van der Waals surface area contributed by atoms with Crippen molar-refractivity contribution in [2.24, 2.45) is 0 Å². The Bertz CT molecular complexity index is 588. The normalized spacial score (nSPS) is 9.95. The maximum Gasteiger partial charge on any atom is 0.309 e. The van der Waals surface area contributed by atoms with E-state index in [4.69, 9.17) is 0 Å². The van der Waals surface area contributed by atoms with Crippen LogP contribution in [-0.2, 0) is 16.0 Å². The van der Waals surface area contributed by atoms with Gasteiger partial charge in [0.05, 0.1) is 13.5 Å². The van der Waals surface area contributed by atoms with E-state index >= 15 is 0 Å². The van der Waals surface area contributed by atoms with E-state index < -0.39 is 0 Å². The Balaban J connectivity index is 2.37. The highest BCUT2D eigenvalue weighted by atomic mass is 16.5. The molecule has 3 nitrogen and oxygen atoms in total. The lowest BCUT2D eigenvalue weighted by Gasteiger charge is -2.07. The Hall–Kier alpha value is -2.42. The van der Waals surface area contributed by atoms with E-state index in [2.05, 4.69) is 4.74 Å². The minimum absolute atomic E-state index is 0.173. The number of carbonyl (C=O) groups excluding carboxylic acids is 2. The molecule has 0 aliphatic carbocycles. The first-order valence-corrected chi connectivity index (χ1v) is 5.95. The number of aldehydes is 1. The molecule has 3 heteroatoms. The van der Waals surface area contributed by atoms with Crippen LogP contribution in [0.25, 0.3) is 11.1 Å². The number of hydrogen-bond donors (Lipinski definition) is 0. The summed E-state index contributed by atoms with van der Waals surface area (Å²) in [5.41, 5.74) is 3.19. The molecule has 96 valence electrons. The van der Waals surface area contributed by atoms with Gasteiger partial charge in [0.25, 0.3) is 0 Å². The van der Waals surface area contributed by atoms with Crippen LogP contribution < -0.4 is 0 Å². The van der Waals surface area contributed by atoms with Crippen LogP contribution in [0.3, 0.4) is 0 Å². The number of carbonyl (C=O) groups is 2. The second-order valence-corrected chi connectivity index (χ2v) is 4.16. The van der Waals surface area contributed by atoms with E-state index in [0.29, 0.717) is 5.56 Å². The summed E-state index contributed by atoms with van der Waals surface area (Å²) < 4.78 is 4.62. The summed E-state index contributed by atoms with van der Waals surface area (Å²) >= 11 is 0. The summed E-state index contributed by atoms with van der Waals surface area (Å²) in [7, 11) is 1.35. The van der Waals surface area contributed by atoms with Crippen molar-refractivity contribution in [1.82, 2.24) is 0 Å². The van der Waals surface area contributed by atoms with E-state index in [1.54, 1.807) is 6.07 Å². The van der Waals surface area contributed by atoms with Gasteiger partial charge in [0, 0.05) is 5.56 Å². The van der Waals surface area contributed by atoms with Crippen LogP contribution in [0, 0.1) is 0 Å². The summed E-state index contributed by atoms with van der Waals surface area (Å²) in [5, 5.41) is 0. The van der Waals surface area contributed by atoms with Crippen molar-refractivity contribution in [3.05, 3.63) is 59.7 Å². The maximum atomic E-state index is 11.2. The topological polar surface area (TPSA) is 43.4 Å². The summed E-state index contributed by atoms with van der Waals surface area (Å²) in [6.07, 6.45) is 0.982. The first kappa shape index (κ1) is 13.0. The molecular weight excluding hydrogens is 240 g/mol. The average Bonchev–Trinajstić information content (AvgIpc) is 2.47. The van der Waals surface area contributed by atoms with Crippen LogP contribution in [0.2, 0.25) is 0 Å². The molecule has 0 spiro atoms. The van der Waals surface area contributed by atoms with Crippen LogP contribution in [0.5, 0.6) is 0 Å². The molecule has 0 radical (unpaired) electrons. The lowest BCUT2D eigenvalue weighted by atomic mass is 9.97. The molecule has 0 aliphatic rings. The molecule has 0 N–H and O–H groups in total. The molecule has 0 atom stereocenters. The number of hydrogen-bond acceptors (Lipinski definition) is 3. The Labute approximate surface area is 111 Å². The number of rotatable bonds is 4. The third kappa shape index (κ3) is 3.07. The molecule has 0 amide bonds. The molecule has 2 aromatic rings. The molecule has 2 rings (SSSR count). The Kier molecular flexibility index (Phi) is 4.08. The fraction of sp³-hybridized carbons (Fsp3) is 0.125. The van der Waals surface area contributed by atoms with Gasteiger partial charge in [0.2, 0.25) is 0 Å². The van der Waals surface area contributed by atoms with Gasteiger partial charge in [-0.15, -0.1) is 0 Å². The molecule has 0 unspecified atom stereocenters. The van der Waals surface area contributed by atoms with Crippen LogP contribution in [-0.4, -0.2) is 19.4 Å². The van der Waals surface area contributed by atoms with Crippen molar-refractivity contribution in [2.45, 2.75) is 6.42 Å². The van der Waals surface area contributed by atoms with Gasteiger partial charge in [0.1, 0.15) is 0 Å². The molecule has 2 aromatic carbocycles. The lowest BCUT2D eigenvalue weighted by Crippen LogP contribution is -2.05. The quantitative estimate of drug-likeness (QED) is 0.622. The van der Waals surface area contributed by atoms with Crippen LogP contribution in [0.4, 0.5) is 0 Å². The van der Waals surface area contributed by atoms with Crippen LogP contribution in [0.15, 0.2) is 48.5 Å². The minimum atomic E-state index is -0.315. The van der Waals surface area contributed by atoms with Crippen molar-refractivity contribution in [3.8, 4) is 11.1 Å². The first-order chi connectivity index (χ1) is 9.24. The molecule has 0 heterocycles. The van der Waals surface area contributed by atoms with Gasteiger partial charge < -0.3 is 4.74 Å². The maximum absolute atomic E-state index is 11.2. The SMILES string of the molecule is COC(=O)Cc1ccc(-c2ccccc2)c(C=O)c1. The zero-order chi connectivity index (χ0) is 13.7. The van der Waals surface area contributed by atoms with Crippen molar-refractivity contribution < 1.29 is 14.3 Å². The number of methoxy groups -OCH3 is 1. The van der Waals surface area contributed by atoms with Crippen molar-refractivity contribution in [2.75, 3.05) is 7.11 Å². The zero-order valence-corrected chi connectivity index (χ0v) is 10.6. The van der Waals surface area contributed by atoms with Crippen LogP contribution >= 0.6 is 0 Å². The Morgan fingerprint density at radius 3 is 2.53 bits per heavy atom. The molecule has 0 aliphatic heterocycles. The Morgan fingerprint density at radius 2 is 1.89 bits per heavy atom. The second kappa shape index (κ2) is 5.96. The van der Waals surface area contributed by atoms with E-state index in [1.807, 2.05) is 42.5 Å². The third-order valence-electron chi connectivity index (χ3n) is 2.90. The summed E-state index contributed by atoms with van der Waals surface area (Å²) in [4.78, 5) is 22.4. The van der Waals surface area contributed by atoms with Gasteiger partial charge in [-0.05, 0) is 22.8 Å². The molecule has 0 saturated carbocycles. The highest BCUT2D eigenvalue weighted by Gasteiger charge is 2.08. The summed E-state index contributed by atoms with van der Waals surface area (Å²) in [6, 6.07) is 15.1. The van der Waals surface area contributed by atoms with Crippen molar-refractivity contribution in [1.29, 1.82) is 0 Å². The summed E-state index contributed by atoms with van der Waals surface area (Å²) in [6.45, 7) is 0. The smallest absolute Gasteiger partial charge is 0.309 e. The molecule has 0 bridgehead atoms. The van der Waals surface area contributed by atoms with E-state index in [1.165, 1.54) is 7.11 Å². The Morgan fingerprint density at radius 1 is 1.16 bits per heavy atom. The number of esters is 1. The fourth-order valence-electron chi connectivity index (χ4n) is 1.94. The summed E-state index contributed by atoms with van der Waals surface area (Å²) in [5.74, 6) is -0.315. The van der Waals surface area contributed by atoms with Gasteiger partial charge in [-0.1, -0.05) is 42.5 Å². The highest BCUT2D eigenvalue weighted by Crippen LogP contribution is 2.23. The highest BCUT2D eigenvalue weighted by molar-refractivity contribution is 5.88. The van der Waals surface area contributed by atoms with Gasteiger partial charge >= 0.3 is 5.97 Å². The van der Waals surface area contributed by atoms with Gasteiger partial charge in [-0.2, -0.15) is 0 Å². The van der Waals surface area contributed by atoms with E-state index in [-0.39, 0.29) is 12.4 Å². The number of benzene rings is 2. The molecular formula is C16H14O3. The number of ether oxygens (including phenoxy) is 1. The van der Waals surface area contributed by atoms with Crippen molar-refractivity contribution in [3.63, 3.8) is 0 Å². The third-order valence-corrected chi connectivity index (χ3v) is 2.90. The van der Waals surface area contributed by atoms with Gasteiger partial charge in [0.15, 0.2) is 6.29 Å². The molecule has 0 fully saturated rings. The fourth-order valence-corrected chi connectivity index (χ4v) is 1.94. The standard InChI is InChI=1S/C16H14O3/c1-19-16(18)10-12-7-8-15(14(9-12)11-17)13-5-3-2-4-6-13/h2-9,11H,10H2,1H3. The van der Waals surface area contributed by atoms with Crippen LogP contribution in [0.1, 0.15) is 15.9 Å². The van der Waals surface area contributed by atoms with Gasteiger partial charge in [-0.25, -0.2) is 0 Å². The minimum Gasteiger partial charge on any atom is -0.469 e. The molecule has 0 saturated heterocycles. The predicted octanol–water partition coefficient (Wildman–Crippen LogP) is 2.88. The monoisotopic (exact) mass is 254 g/mol. The van der Waals surface area contributed by atoms with E-state index in [0.717, 1.165) is 23.0 Å². The zero-order valence-electron chi connectivity index (χ0n) is 10.6. The average molecular weight is 254 g/mol. The first-order valence-electron chi connectivity index (χ1n) is 5.95. The lowest BCUT2D eigenvalue weighted by molar-refractivity contribution is -0.139. The predicted molar refractivity (Wildman–Crippen MR) is 73.0 cm³/mol. The van der Waals surface area contributed by atoms with Crippen molar-refractivity contribution >= 4 is 12.3 Å². The second-order valence-electron chi connectivity index (χ2n) is 4.16. The molecule has 0 aromatic heterocycles.